The van der Waals surface area contributed by atoms with Crippen molar-refractivity contribution in [3.05, 3.63) is 46.2 Å². The number of aromatic hydroxyl groups is 1. The van der Waals surface area contributed by atoms with Crippen molar-refractivity contribution in [3.8, 4) is 5.75 Å². The minimum atomic E-state index is -0.886. The van der Waals surface area contributed by atoms with Crippen molar-refractivity contribution in [2.24, 2.45) is 16.7 Å². The van der Waals surface area contributed by atoms with Gasteiger partial charge in [-0.3, -0.25) is 19.5 Å². The summed E-state index contributed by atoms with van der Waals surface area (Å²) in [7, 11) is 0. The fourth-order valence-electron chi connectivity index (χ4n) is 3.22. The summed E-state index contributed by atoms with van der Waals surface area (Å²) < 4.78 is 0.644. The molecule has 0 saturated carbocycles. The normalized spacial score (nSPS) is 15.2. The molecule has 0 radical (unpaired) electrons. The summed E-state index contributed by atoms with van der Waals surface area (Å²) in [6.45, 7) is 3.20. The van der Waals surface area contributed by atoms with E-state index in [0.717, 1.165) is 0 Å². The third-order valence-electron chi connectivity index (χ3n) is 4.64. The van der Waals surface area contributed by atoms with Gasteiger partial charge in [0.05, 0.1) is 22.4 Å². The first kappa shape index (κ1) is 20.6. The maximum absolute atomic E-state index is 12.9. The number of amides is 2. The molecule has 0 bridgehead atoms. The molecule has 1 aliphatic rings. The molecule has 2 aromatic rings. The van der Waals surface area contributed by atoms with Crippen molar-refractivity contribution in [3.63, 3.8) is 0 Å². The van der Waals surface area contributed by atoms with Gasteiger partial charge in [0, 0.05) is 16.9 Å². The summed E-state index contributed by atoms with van der Waals surface area (Å²) >= 11 is 3.32. The number of hydrogen-bond donors (Lipinski definition) is 5. The van der Waals surface area contributed by atoms with E-state index in [1.807, 2.05) is 0 Å². The van der Waals surface area contributed by atoms with Crippen LogP contribution in [0.2, 0.25) is 0 Å². The van der Waals surface area contributed by atoms with E-state index >= 15 is 0 Å². The van der Waals surface area contributed by atoms with Crippen LogP contribution in [0.4, 0.5) is 11.4 Å². The topological polar surface area (TPSA) is 159 Å². The van der Waals surface area contributed by atoms with Crippen LogP contribution in [0, 0.1) is 0 Å². The van der Waals surface area contributed by atoms with Gasteiger partial charge in [-0.15, -0.1) is 5.10 Å². The third-order valence-corrected chi connectivity index (χ3v) is 5.09. The van der Waals surface area contributed by atoms with Crippen LogP contribution in [-0.4, -0.2) is 34.3 Å². The van der Waals surface area contributed by atoms with Gasteiger partial charge in [0.25, 0.3) is 0 Å². The van der Waals surface area contributed by atoms with Gasteiger partial charge in [-0.2, -0.15) is 0 Å². The molecular weight excluding hydrogens is 442 g/mol. The maximum atomic E-state index is 12.9. The van der Waals surface area contributed by atoms with E-state index in [1.165, 1.54) is 23.4 Å². The maximum Gasteiger partial charge on any atom is 0.244 e. The Balaban J connectivity index is 1.89. The van der Waals surface area contributed by atoms with Crippen LogP contribution in [0.25, 0.3) is 0 Å². The molecule has 0 spiro atoms. The SMILES string of the molecule is CC1(C)C(=O)N(CC(=O)Nc2ccncc2/C(N)=N/NN)c2c(O)cc(Br)cc21. The van der Waals surface area contributed by atoms with Crippen LogP contribution in [0.15, 0.2) is 40.2 Å². The van der Waals surface area contributed by atoms with E-state index in [-0.39, 0.29) is 24.0 Å². The van der Waals surface area contributed by atoms with Gasteiger partial charge in [0.15, 0.2) is 5.84 Å². The monoisotopic (exact) mass is 461 g/mol. The Morgan fingerprint density at radius 3 is 2.83 bits per heavy atom. The van der Waals surface area contributed by atoms with Crippen LogP contribution in [0.5, 0.6) is 5.75 Å². The minimum Gasteiger partial charge on any atom is -0.506 e. The largest absolute Gasteiger partial charge is 0.506 e. The average molecular weight is 462 g/mol. The molecule has 7 N–H and O–H groups in total. The number of halogens is 1. The number of anilines is 2. The molecule has 0 atom stereocenters. The molecule has 3 rings (SSSR count). The number of nitrogens with one attached hydrogen (secondary N) is 2. The van der Waals surface area contributed by atoms with Crippen LogP contribution >= 0.6 is 15.9 Å². The van der Waals surface area contributed by atoms with E-state index in [9.17, 15) is 14.7 Å². The fraction of sp³-hybridized carbons (Fsp3) is 0.222. The smallest absolute Gasteiger partial charge is 0.244 e. The Morgan fingerprint density at radius 2 is 2.14 bits per heavy atom. The molecular formula is C18H20BrN7O3. The lowest BCUT2D eigenvalue weighted by atomic mass is 9.86. The molecule has 0 fully saturated rings. The van der Waals surface area contributed by atoms with Crippen molar-refractivity contribution in [2.75, 3.05) is 16.8 Å². The highest BCUT2D eigenvalue weighted by atomic mass is 79.9. The standard InChI is InChI=1S/C18H20BrN7O3/c1-18(2)11-5-9(19)6-13(27)15(11)26(17(18)29)8-14(28)23-12-3-4-22-7-10(12)16(20)24-25-21/h3-7,25,27H,8,21H2,1-2H3,(H2,20,24)(H,22,23,28). The second kappa shape index (κ2) is 7.68. The zero-order valence-electron chi connectivity index (χ0n) is 15.7. The highest BCUT2D eigenvalue weighted by molar-refractivity contribution is 9.10. The lowest BCUT2D eigenvalue weighted by Gasteiger charge is -2.20. The van der Waals surface area contributed by atoms with E-state index in [1.54, 1.807) is 26.0 Å². The van der Waals surface area contributed by atoms with Gasteiger partial charge in [-0.1, -0.05) is 15.9 Å². The van der Waals surface area contributed by atoms with Crippen molar-refractivity contribution < 1.29 is 14.7 Å². The highest BCUT2D eigenvalue weighted by Gasteiger charge is 2.46. The summed E-state index contributed by atoms with van der Waals surface area (Å²) in [4.78, 5) is 30.9. The van der Waals surface area contributed by atoms with Gasteiger partial charge in [0.1, 0.15) is 12.3 Å². The Labute approximate surface area is 175 Å². The first-order chi connectivity index (χ1) is 13.7. The first-order valence-corrected chi connectivity index (χ1v) is 9.34. The third kappa shape index (κ3) is 3.74. The number of carbonyl (C=O) groups excluding carboxylic acids is 2. The Morgan fingerprint density at radius 1 is 1.41 bits per heavy atom. The van der Waals surface area contributed by atoms with Crippen LogP contribution in [0.1, 0.15) is 25.0 Å². The molecule has 1 aromatic carbocycles. The minimum absolute atomic E-state index is 0.0297. The molecule has 152 valence electrons. The number of fused-ring (bicyclic) bond motifs is 1. The fourth-order valence-corrected chi connectivity index (χ4v) is 3.67. The van der Waals surface area contributed by atoms with E-state index in [4.69, 9.17) is 11.6 Å². The van der Waals surface area contributed by atoms with Gasteiger partial charge in [-0.25, -0.2) is 11.4 Å². The summed E-state index contributed by atoms with van der Waals surface area (Å²) in [5.41, 5.74) is 8.68. The Hall–Kier alpha value is -3.18. The van der Waals surface area contributed by atoms with Gasteiger partial charge < -0.3 is 16.2 Å². The number of nitrogens with two attached hydrogens (primary N) is 2. The lowest BCUT2D eigenvalue weighted by molar-refractivity contribution is -0.124. The quantitative estimate of drug-likeness (QED) is 0.191. The van der Waals surface area contributed by atoms with Crippen molar-refractivity contribution in [1.82, 2.24) is 10.5 Å². The van der Waals surface area contributed by atoms with Crippen molar-refractivity contribution >= 4 is 45.0 Å². The predicted molar refractivity (Wildman–Crippen MR) is 112 cm³/mol. The Bertz CT molecular complexity index is 1020. The van der Waals surface area contributed by atoms with Crippen molar-refractivity contribution in [2.45, 2.75) is 19.3 Å². The number of hydrogen-bond acceptors (Lipinski definition) is 7. The number of phenolic OH excluding ortho intramolecular Hbond substituents is 1. The Kier molecular flexibility index (Phi) is 5.44. The van der Waals surface area contributed by atoms with Crippen LogP contribution in [-0.2, 0) is 15.0 Å². The number of aromatic nitrogens is 1. The molecule has 2 heterocycles. The van der Waals surface area contributed by atoms with Gasteiger partial charge in [0.2, 0.25) is 11.8 Å². The summed E-state index contributed by atoms with van der Waals surface area (Å²) in [5.74, 6) is 4.31. The van der Waals surface area contributed by atoms with Crippen LogP contribution in [0.3, 0.4) is 0 Å². The van der Waals surface area contributed by atoms with Crippen molar-refractivity contribution in [1.29, 1.82) is 0 Å². The molecule has 1 aliphatic heterocycles. The molecule has 10 nitrogen and oxygen atoms in total. The molecule has 0 saturated heterocycles. The number of nitrogens with zero attached hydrogens (tertiary/aromatic N) is 3. The number of pyridine rings is 1. The van der Waals surface area contributed by atoms with E-state index in [2.05, 4.69) is 36.9 Å². The van der Waals surface area contributed by atoms with Gasteiger partial charge in [-0.05, 0) is 37.6 Å². The molecule has 11 heteroatoms. The number of phenols is 1. The predicted octanol–water partition coefficient (Wildman–Crippen LogP) is 0.896. The van der Waals surface area contributed by atoms with Gasteiger partial charge >= 0.3 is 0 Å². The average Bonchev–Trinajstić information content (AvgIpc) is 2.83. The number of rotatable bonds is 5. The summed E-state index contributed by atoms with van der Waals surface area (Å²) in [6, 6.07) is 4.80. The zero-order chi connectivity index (χ0) is 21.3. The summed E-state index contributed by atoms with van der Waals surface area (Å²) in [6.07, 6.45) is 2.90. The zero-order valence-corrected chi connectivity index (χ0v) is 17.3. The number of amidine groups is 1. The second-order valence-corrected chi connectivity index (χ2v) is 7.85. The number of benzene rings is 1. The molecule has 0 unspecified atom stereocenters. The molecule has 0 aliphatic carbocycles. The summed E-state index contributed by atoms with van der Waals surface area (Å²) in [5, 5.41) is 16.8. The molecule has 1 aromatic heterocycles. The molecule has 29 heavy (non-hydrogen) atoms. The highest BCUT2D eigenvalue weighted by Crippen LogP contribution is 2.47. The lowest BCUT2D eigenvalue weighted by Crippen LogP contribution is -2.41. The second-order valence-electron chi connectivity index (χ2n) is 6.93. The number of hydrazone groups is 1. The first-order valence-electron chi connectivity index (χ1n) is 8.54. The van der Waals surface area contributed by atoms with Crippen LogP contribution < -0.4 is 27.3 Å². The van der Waals surface area contributed by atoms with E-state index in [0.29, 0.717) is 27.0 Å². The molecule has 2 amide bonds. The van der Waals surface area contributed by atoms with E-state index < -0.39 is 11.3 Å². The number of carbonyl (C=O) groups is 2. The number of hydrazine groups is 1.